The van der Waals surface area contributed by atoms with Gasteiger partial charge in [-0.1, -0.05) is 32.2 Å². The first-order valence-electron chi connectivity index (χ1n) is 9.10. The Morgan fingerprint density at radius 1 is 1.11 bits per heavy atom. The van der Waals surface area contributed by atoms with E-state index in [1.54, 1.807) is 26.8 Å². The molecule has 5 heteroatoms. The van der Waals surface area contributed by atoms with E-state index in [1.807, 2.05) is 13.0 Å². The van der Waals surface area contributed by atoms with E-state index in [1.165, 1.54) is 6.07 Å². The Morgan fingerprint density at radius 3 is 2.37 bits per heavy atom. The van der Waals surface area contributed by atoms with Gasteiger partial charge in [0.1, 0.15) is 5.82 Å². The number of benzene rings is 1. The monoisotopic (exact) mass is 382 g/mol. The predicted octanol–water partition coefficient (Wildman–Crippen LogP) is 6.71. The fraction of sp³-hybridized carbons (Fsp3) is 0.455. The summed E-state index contributed by atoms with van der Waals surface area (Å²) in [6, 6.07) is 5.00. The van der Waals surface area contributed by atoms with E-state index in [-0.39, 0.29) is 35.8 Å². The molecule has 2 unspecified atom stereocenters. The highest BCUT2D eigenvalue weighted by Crippen LogP contribution is 2.29. The van der Waals surface area contributed by atoms with E-state index in [0.29, 0.717) is 25.0 Å². The summed E-state index contributed by atoms with van der Waals surface area (Å²) in [5.41, 5.74) is 1.42. The van der Waals surface area contributed by atoms with Crippen molar-refractivity contribution in [2.24, 2.45) is 5.92 Å². The zero-order chi connectivity index (χ0) is 20.6. The van der Waals surface area contributed by atoms with Crippen LogP contribution in [-0.4, -0.2) is 12.7 Å². The number of allylic oxidation sites excluding steroid dienone is 3. The van der Waals surface area contributed by atoms with Crippen molar-refractivity contribution >= 4 is 0 Å². The lowest BCUT2D eigenvalue weighted by molar-refractivity contribution is 0.0444. The first-order chi connectivity index (χ1) is 12.7. The second kappa shape index (κ2) is 11.0. The molecule has 0 N–H and O–H groups in total. The fourth-order valence-corrected chi connectivity index (χ4v) is 2.42. The summed E-state index contributed by atoms with van der Waals surface area (Å²) in [5.74, 6) is -2.99. The van der Waals surface area contributed by atoms with Crippen molar-refractivity contribution in [3.8, 4) is 0 Å². The molecule has 0 saturated heterocycles. The molecule has 1 rings (SSSR count). The van der Waals surface area contributed by atoms with Crippen LogP contribution in [0.2, 0.25) is 0 Å². The molecule has 0 aliphatic carbocycles. The van der Waals surface area contributed by atoms with Crippen molar-refractivity contribution in [2.45, 2.75) is 53.2 Å². The second-order valence-electron chi connectivity index (χ2n) is 6.69. The molecule has 2 nitrogen and oxygen atoms in total. The van der Waals surface area contributed by atoms with Gasteiger partial charge in [-0.2, -0.15) is 4.39 Å². The van der Waals surface area contributed by atoms with Gasteiger partial charge < -0.3 is 9.47 Å². The van der Waals surface area contributed by atoms with Gasteiger partial charge in [-0.25, -0.2) is 8.78 Å². The summed E-state index contributed by atoms with van der Waals surface area (Å²) in [4.78, 5) is 0. The van der Waals surface area contributed by atoms with Gasteiger partial charge in [-0.3, -0.25) is 0 Å². The van der Waals surface area contributed by atoms with Gasteiger partial charge >= 0.3 is 0 Å². The number of rotatable bonds is 11. The topological polar surface area (TPSA) is 18.5 Å². The Balaban J connectivity index is 2.51. The summed E-state index contributed by atoms with van der Waals surface area (Å²) in [7, 11) is 0. The third-order valence-corrected chi connectivity index (χ3v) is 4.41. The fourth-order valence-electron chi connectivity index (χ4n) is 2.42. The van der Waals surface area contributed by atoms with Gasteiger partial charge in [0.25, 0.3) is 0 Å². The van der Waals surface area contributed by atoms with Crippen LogP contribution >= 0.6 is 0 Å². The zero-order valence-electron chi connectivity index (χ0n) is 16.6. The van der Waals surface area contributed by atoms with Gasteiger partial charge in [-0.15, -0.1) is 0 Å². The highest BCUT2D eigenvalue weighted by molar-refractivity contribution is 5.33. The van der Waals surface area contributed by atoms with Gasteiger partial charge in [0.05, 0.1) is 19.3 Å². The van der Waals surface area contributed by atoms with Crippen LogP contribution in [0.4, 0.5) is 13.2 Å². The lowest BCUT2D eigenvalue weighted by atomic mass is 9.94. The van der Waals surface area contributed by atoms with Crippen molar-refractivity contribution in [1.82, 2.24) is 0 Å². The van der Waals surface area contributed by atoms with E-state index in [0.717, 1.165) is 5.56 Å². The van der Waals surface area contributed by atoms with Crippen LogP contribution in [0, 0.1) is 18.7 Å². The SMILES string of the molecule is C=C(OCC)/C(F)=C(/F)C(=C)C(C)CCC(C)OCc1ccc(C)c(F)c1. The first-order valence-corrected chi connectivity index (χ1v) is 9.10. The van der Waals surface area contributed by atoms with Crippen LogP contribution in [0.1, 0.15) is 44.7 Å². The Bertz CT molecular complexity index is 695. The first kappa shape index (κ1) is 23.0. The Labute approximate surface area is 160 Å². The number of hydrogen-bond donors (Lipinski definition) is 0. The minimum absolute atomic E-state index is 0.0705. The third kappa shape index (κ3) is 7.25. The average molecular weight is 382 g/mol. The van der Waals surface area contributed by atoms with Gasteiger partial charge in [0, 0.05) is 0 Å². The number of aryl methyl sites for hydroxylation is 1. The van der Waals surface area contributed by atoms with E-state index >= 15 is 0 Å². The molecule has 0 aliphatic rings. The molecule has 0 aromatic heterocycles. The average Bonchev–Trinajstić information content (AvgIpc) is 2.65. The van der Waals surface area contributed by atoms with Gasteiger partial charge in [0.15, 0.2) is 17.4 Å². The summed E-state index contributed by atoms with van der Waals surface area (Å²) in [6.07, 6.45) is 1.10. The molecular formula is C22H29F3O2. The minimum atomic E-state index is -1.11. The molecule has 0 spiro atoms. The summed E-state index contributed by atoms with van der Waals surface area (Å²) >= 11 is 0. The van der Waals surface area contributed by atoms with Crippen molar-refractivity contribution in [1.29, 1.82) is 0 Å². The molecule has 0 radical (unpaired) electrons. The van der Waals surface area contributed by atoms with Crippen molar-refractivity contribution in [3.63, 3.8) is 0 Å². The molecule has 0 fully saturated rings. The summed E-state index contributed by atoms with van der Waals surface area (Å²) in [6.45, 7) is 14.6. The van der Waals surface area contributed by atoms with Crippen LogP contribution in [0.5, 0.6) is 0 Å². The molecule has 0 aliphatic heterocycles. The van der Waals surface area contributed by atoms with E-state index in [4.69, 9.17) is 9.47 Å². The molecule has 27 heavy (non-hydrogen) atoms. The molecule has 2 atom stereocenters. The van der Waals surface area contributed by atoms with Crippen LogP contribution in [0.3, 0.4) is 0 Å². The van der Waals surface area contributed by atoms with Crippen LogP contribution in [0.25, 0.3) is 0 Å². The van der Waals surface area contributed by atoms with Crippen LogP contribution in [-0.2, 0) is 16.1 Å². The second-order valence-corrected chi connectivity index (χ2v) is 6.69. The smallest absolute Gasteiger partial charge is 0.200 e. The summed E-state index contributed by atoms with van der Waals surface area (Å²) in [5, 5.41) is 0. The zero-order valence-corrected chi connectivity index (χ0v) is 16.6. The van der Waals surface area contributed by atoms with Crippen molar-refractivity contribution < 1.29 is 22.6 Å². The molecule has 150 valence electrons. The molecule has 1 aromatic rings. The lowest BCUT2D eigenvalue weighted by Crippen LogP contribution is -2.11. The van der Waals surface area contributed by atoms with Crippen molar-refractivity contribution in [3.05, 3.63) is 71.3 Å². The molecule has 0 amide bonds. The maximum Gasteiger partial charge on any atom is 0.200 e. The summed E-state index contributed by atoms with van der Waals surface area (Å²) < 4.78 is 52.2. The highest BCUT2D eigenvalue weighted by Gasteiger charge is 2.19. The Kier molecular flexibility index (Phi) is 9.36. The molecular weight excluding hydrogens is 353 g/mol. The maximum atomic E-state index is 14.2. The number of hydrogen-bond acceptors (Lipinski definition) is 2. The standard InChI is InChI=1S/C22H29F3O2/c1-7-26-18(6)22(25)21(24)17(5)14(2)8-10-16(4)27-13-19-11-9-15(3)20(23)12-19/h9,11-12,14,16H,5-8,10,13H2,1-4H3/b22-21-. The molecule has 0 bridgehead atoms. The van der Waals surface area contributed by atoms with E-state index < -0.39 is 11.7 Å². The Morgan fingerprint density at radius 2 is 1.78 bits per heavy atom. The maximum absolute atomic E-state index is 14.2. The largest absolute Gasteiger partial charge is 0.491 e. The molecule has 1 aromatic carbocycles. The molecule has 0 heterocycles. The predicted molar refractivity (Wildman–Crippen MR) is 103 cm³/mol. The van der Waals surface area contributed by atoms with Gasteiger partial charge in [-0.05, 0) is 62.3 Å². The lowest BCUT2D eigenvalue weighted by Gasteiger charge is -2.18. The third-order valence-electron chi connectivity index (χ3n) is 4.41. The highest BCUT2D eigenvalue weighted by atomic mass is 19.2. The van der Waals surface area contributed by atoms with E-state index in [9.17, 15) is 13.2 Å². The number of ether oxygens (including phenoxy) is 2. The minimum Gasteiger partial charge on any atom is -0.491 e. The normalized spacial score (nSPS) is 14.3. The van der Waals surface area contributed by atoms with Crippen LogP contribution in [0.15, 0.2) is 54.3 Å². The quantitative estimate of drug-likeness (QED) is 0.313. The van der Waals surface area contributed by atoms with Gasteiger partial charge in [0.2, 0.25) is 0 Å². The molecule has 0 saturated carbocycles. The number of halogens is 3. The van der Waals surface area contributed by atoms with Crippen LogP contribution < -0.4 is 0 Å². The van der Waals surface area contributed by atoms with E-state index in [2.05, 4.69) is 13.2 Å². The Hall–Kier alpha value is -2.01. The van der Waals surface area contributed by atoms with Crippen molar-refractivity contribution in [2.75, 3.05) is 6.61 Å².